The second kappa shape index (κ2) is 4.50. The molecule has 1 aliphatic carbocycles. The molecule has 0 saturated heterocycles. The van der Waals surface area contributed by atoms with E-state index in [1.165, 1.54) is 33.7 Å². The molecule has 94 valence electrons. The molecule has 0 nitrogen and oxygen atoms in total. The zero-order valence-corrected chi connectivity index (χ0v) is 13.1. The molecule has 1 saturated carbocycles. The lowest BCUT2D eigenvalue weighted by molar-refractivity contribution is 0.680. The van der Waals surface area contributed by atoms with Gasteiger partial charge in [-0.1, -0.05) is 46.3 Å². The van der Waals surface area contributed by atoms with Gasteiger partial charge in [0.15, 0.2) is 0 Å². The van der Waals surface area contributed by atoms with Gasteiger partial charge in [0, 0.05) is 15.2 Å². The van der Waals surface area contributed by atoms with Crippen LogP contribution >= 0.6 is 27.3 Å². The fourth-order valence-electron chi connectivity index (χ4n) is 2.79. The Bertz CT molecular complexity index is 552. The van der Waals surface area contributed by atoms with Gasteiger partial charge < -0.3 is 0 Å². The van der Waals surface area contributed by atoms with Crippen LogP contribution in [0.5, 0.6) is 0 Å². The number of halogens is 1. The van der Waals surface area contributed by atoms with E-state index >= 15 is 0 Å². The van der Waals surface area contributed by atoms with Crippen LogP contribution in [0.15, 0.2) is 36.4 Å². The number of alkyl halides is 1. The Balaban J connectivity index is 1.98. The van der Waals surface area contributed by atoms with Gasteiger partial charge >= 0.3 is 0 Å². The van der Waals surface area contributed by atoms with Crippen molar-refractivity contribution in [3.05, 3.63) is 57.3 Å². The summed E-state index contributed by atoms with van der Waals surface area (Å²) < 4.78 is 0. The fourth-order valence-corrected chi connectivity index (χ4v) is 5.11. The van der Waals surface area contributed by atoms with Crippen LogP contribution in [-0.2, 0) is 5.41 Å². The van der Waals surface area contributed by atoms with E-state index < -0.39 is 0 Å². The van der Waals surface area contributed by atoms with Gasteiger partial charge in [-0.25, -0.2) is 0 Å². The number of rotatable bonds is 3. The molecule has 2 aromatic rings. The largest absolute Gasteiger partial charge is 0.146 e. The minimum Gasteiger partial charge on any atom is -0.146 e. The molecule has 2 heteroatoms. The third-order valence-corrected chi connectivity index (χ3v) is 6.33. The first-order valence-corrected chi connectivity index (χ1v) is 8.13. The maximum Gasteiger partial charge on any atom is 0.0502 e. The summed E-state index contributed by atoms with van der Waals surface area (Å²) in [5, 5.41) is 0. The van der Waals surface area contributed by atoms with E-state index in [9.17, 15) is 0 Å². The Labute approximate surface area is 121 Å². The van der Waals surface area contributed by atoms with Crippen LogP contribution in [0.25, 0.3) is 0 Å². The third kappa shape index (κ3) is 1.96. The first-order chi connectivity index (χ1) is 8.63. The SMILES string of the molecule is Cc1cc(C(Br)C2(c3ccccc3)CC2)c(C)s1. The van der Waals surface area contributed by atoms with E-state index in [2.05, 4.69) is 66.2 Å². The quantitative estimate of drug-likeness (QED) is 0.652. The van der Waals surface area contributed by atoms with Gasteiger partial charge in [-0.2, -0.15) is 0 Å². The lowest BCUT2D eigenvalue weighted by Crippen LogP contribution is -2.13. The summed E-state index contributed by atoms with van der Waals surface area (Å²) in [6.07, 6.45) is 2.59. The molecule has 1 fully saturated rings. The summed E-state index contributed by atoms with van der Waals surface area (Å²) in [7, 11) is 0. The minimum absolute atomic E-state index is 0.333. The molecule has 3 rings (SSSR count). The lowest BCUT2D eigenvalue weighted by Gasteiger charge is -2.22. The Hall–Kier alpha value is -0.600. The third-order valence-electron chi connectivity index (χ3n) is 3.97. The minimum atomic E-state index is 0.333. The average Bonchev–Trinajstić information content (AvgIpc) is 3.11. The van der Waals surface area contributed by atoms with Crippen molar-refractivity contribution >= 4 is 27.3 Å². The van der Waals surface area contributed by atoms with Crippen molar-refractivity contribution in [2.45, 2.75) is 36.9 Å². The first-order valence-electron chi connectivity index (χ1n) is 6.40. The van der Waals surface area contributed by atoms with E-state index in [0.717, 1.165) is 0 Å². The van der Waals surface area contributed by atoms with E-state index in [-0.39, 0.29) is 0 Å². The average molecular weight is 321 g/mol. The predicted molar refractivity (Wildman–Crippen MR) is 82.8 cm³/mol. The molecule has 0 N–H and O–H groups in total. The van der Waals surface area contributed by atoms with Gasteiger partial charge in [-0.15, -0.1) is 11.3 Å². The predicted octanol–water partition coefficient (Wildman–Crippen LogP) is 5.53. The molecule has 1 aromatic carbocycles. The summed E-state index contributed by atoms with van der Waals surface area (Å²) in [6.45, 7) is 4.44. The highest BCUT2D eigenvalue weighted by molar-refractivity contribution is 9.09. The van der Waals surface area contributed by atoms with Crippen LogP contribution in [0, 0.1) is 13.8 Å². The fraction of sp³-hybridized carbons (Fsp3) is 0.375. The molecule has 0 aliphatic heterocycles. The second-order valence-corrected chi connectivity index (χ2v) is 7.63. The molecule has 1 heterocycles. The van der Waals surface area contributed by atoms with Crippen LogP contribution in [0.2, 0.25) is 0 Å². The highest BCUT2D eigenvalue weighted by Crippen LogP contribution is 2.60. The van der Waals surface area contributed by atoms with Crippen LogP contribution in [0.4, 0.5) is 0 Å². The Morgan fingerprint density at radius 2 is 1.83 bits per heavy atom. The van der Waals surface area contributed by atoms with Crippen LogP contribution in [-0.4, -0.2) is 0 Å². The summed E-state index contributed by atoms with van der Waals surface area (Å²) in [5.74, 6) is 0. The molecule has 18 heavy (non-hydrogen) atoms. The van der Waals surface area contributed by atoms with E-state index in [0.29, 0.717) is 10.2 Å². The van der Waals surface area contributed by atoms with E-state index in [4.69, 9.17) is 0 Å². The Morgan fingerprint density at radius 1 is 1.17 bits per heavy atom. The highest BCUT2D eigenvalue weighted by Gasteiger charge is 2.50. The molecule has 1 aromatic heterocycles. The summed E-state index contributed by atoms with van der Waals surface area (Å²) in [6, 6.07) is 13.3. The van der Waals surface area contributed by atoms with Crippen LogP contribution in [0.3, 0.4) is 0 Å². The van der Waals surface area contributed by atoms with Crippen molar-refractivity contribution in [2.75, 3.05) is 0 Å². The molecule has 1 unspecified atom stereocenters. The second-order valence-electron chi connectivity index (χ2n) is 5.25. The number of thiophene rings is 1. The molecular formula is C16H17BrS. The molecule has 1 atom stereocenters. The maximum atomic E-state index is 3.98. The Morgan fingerprint density at radius 3 is 2.33 bits per heavy atom. The zero-order chi connectivity index (χ0) is 12.8. The summed E-state index contributed by atoms with van der Waals surface area (Å²) >= 11 is 5.88. The highest BCUT2D eigenvalue weighted by atomic mass is 79.9. The zero-order valence-electron chi connectivity index (χ0n) is 10.7. The smallest absolute Gasteiger partial charge is 0.0502 e. The normalized spacial score (nSPS) is 18.6. The van der Waals surface area contributed by atoms with Crippen LogP contribution < -0.4 is 0 Å². The van der Waals surface area contributed by atoms with Gasteiger partial charge in [-0.05, 0) is 43.9 Å². The van der Waals surface area contributed by atoms with Gasteiger partial charge in [0.05, 0.1) is 4.83 Å². The lowest BCUT2D eigenvalue weighted by atomic mass is 9.89. The number of hydrogen-bond donors (Lipinski definition) is 0. The monoisotopic (exact) mass is 320 g/mol. The van der Waals surface area contributed by atoms with E-state index in [1.807, 2.05) is 11.3 Å². The van der Waals surface area contributed by atoms with Crippen molar-refractivity contribution in [1.82, 2.24) is 0 Å². The van der Waals surface area contributed by atoms with Gasteiger partial charge in [0.2, 0.25) is 0 Å². The molecule has 1 aliphatic rings. The Kier molecular flexibility index (Phi) is 3.11. The summed E-state index contributed by atoms with van der Waals surface area (Å²) in [5.41, 5.74) is 3.30. The number of aryl methyl sites for hydroxylation is 2. The molecular weight excluding hydrogens is 304 g/mol. The topological polar surface area (TPSA) is 0 Å². The van der Waals surface area contributed by atoms with Crippen molar-refractivity contribution in [3.63, 3.8) is 0 Å². The van der Waals surface area contributed by atoms with Crippen molar-refractivity contribution in [2.24, 2.45) is 0 Å². The van der Waals surface area contributed by atoms with Gasteiger partial charge in [0.1, 0.15) is 0 Å². The molecule has 0 spiro atoms. The number of benzene rings is 1. The maximum absolute atomic E-state index is 3.98. The molecule has 0 radical (unpaired) electrons. The van der Waals surface area contributed by atoms with Crippen molar-refractivity contribution < 1.29 is 0 Å². The van der Waals surface area contributed by atoms with E-state index in [1.54, 1.807) is 0 Å². The van der Waals surface area contributed by atoms with Crippen molar-refractivity contribution in [1.29, 1.82) is 0 Å². The molecule has 0 amide bonds. The van der Waals surface area contributed by atoms with Gasteiger partial charge in [-0.3, -0.25) is 0 Å². The standard InChI is InChI=1S/C16H17BrS/c1-11-10-14(12(2)18-11)15(17)16(8-9-16)13-6-4-3-5-7-13/h3-7,10,15H,8-9H2,1-2H3. The van der Waals surface area contributed by atoms with Crippen LogP contribution in [0.1, 0.15) is 38.6 Å². The van der Waals surface area contributed by atoms with Crippen molar-refractivity contribution in [3.8, 4) is 0 Å². The summed E-state index contributed by atoms with van der Waals surface area (Å²) in [4.78, 5) is 3.32. The van der Waals surface area contributed by atoms with Gasteiger partial charge in [0.25, 0.3) is 0 Å². The number of hydrogen-bond acceptors (Lipinski definition) is 1. The first kappa shape index (κ1) is 12.4. The molecule has 0 bridgehead atoms.